The molecule has 0 saturated heterocycles. The number of nitrogens with two attached hydrogens (primary N) is 1. The molecule has 57 heavy (non-hydrogen) atoms. The van der Waals surface area contributed by atoms with Gasteiger partial charge in [0.05, 0.1) is 19.8 Å². The van der Waals surface area contributed by atoms with Crippen molar-refractivity contribution in [3.63, 3.8) is 0 Å². The molecule has 0 heterocycles. The van der Waals surface area contributed by atoms with E-state index in [2.05, 4.69) is 111 Å². The Morgan fingerprint density at radius 3 is 1.49 bits per heavy atom. The molecule has 0 aliphatic heterocycles. The van der Waals surface area contributed by atoms with Gasteiger partial charge >= 0.3 is 13.8 Å². The maximum Gasteiger partial charge on any atom is 0.472 e. The van der Waals surface area contributed by atoms with Crippen LogP contribution in [0.4, 0.5) is 0 Å². The van der Waals surface area contributed by atoms with Crippen LogP contribution in [0, 0.1) is 0 Å². The van der Waals surface area contributed by atoms with Gasteiger partial charge in [0.2, 0.25) is 0 Å². The number of hydrogen-bond acceptors (Lipinski definition) is 7. The minimum atomic E-state index is -4.29. The molecule has 0 bridgehead atoms. The monoisotopic (exact) mass is 816 g/mol. The van der Waals surface area contributed by atoms with E-state index in [1.165, 1.54) is 51.4 Å². The molecule has 2 atom stereocenters. The number of phosphoric ester groups is 1. The van der Waals surface area contributed by atoms with Gasteiger partial charge in [-0.1, -0.05) is 156 Å². The van der Waals surface area contributed by atoms with Crippen molar-refractivity contribution in [2.75, 3.05) is 33.0 Å². The zero-order valence-corrected chi connectivity index (χ0v) is 36.9. The van der Waals surface area contributed by atoms with Gasteiger partial charge in [0.25, 0.3) is 0 Å². The fraction of sp³-hybridized carbons (Fsp3) is 0.646. The van der Waals surface area contributed by atoms with Gasteiger partial charge < -0.3 is 20.1 Å². The van der Waals surface area contributed by atoms with E-state index in [1.54, 1.807) is 0 Å². The van der Waals surface area contributed by atoms with Crippen molar-refractivity contribution in [1.82, 2.24) is 0 Å². The summed E-state index contributed by atoms with van der Waals surface area (Å²) in [5.74, 6) is -0.369. The molecule has 0 fully saturated rings. The molecular weight excluding hydrogens is 734 g/mol. The molecule has 0 aromatic rings. The third kappa shape index (κ3) is 44.4. The van der Waals surface area contributed by atoms with E-state index in [9.17, 15) is 14.3 Å². The largest absolute Gasteiger partial charge is 0.472 e. The van der Waals surface area contributed by atoms with Crippen molar-refractivity contribution in [3.05, 3.63) is 97.2 Å². The highest BCUT2D eigenvalue weighted by molar-refractivity contribution is 7.47. The van der Waals surface area contributed by atoms with Gasteiger partial charge in [-0.25, -0.2) is 4.57 Å². The molecule has 0 radical (unpaired) electrons. The zero-order chi connectivity index (χ0) is 41.6. The predicted octanol–water partition coefficient (Wildman–Crippen LogP) is 13.5. The summed E-state index contributed by atoms with van der Waals surface area (Å²) in [5, 5.41) is 0. The van der Waals surface area contributed by atoms with E-state index in [4.69, 9.17) is 24.3 Å². The normalized spacial score (nSPS) is 14.4. The number of unbranched alkanes of at least 4 members (excludes halogenated alkanes) is 12. The molecule has 0 spiro atoms. The van der Waals surface area contributed by atoms with Crippen LogP contribution in [0.1, 0.15) is 162 Å². The molecule has 0 aliphatic carbocycles. The molecular formula is C48H82NO7P. The average molecular weight is 816 g/mol. The Morgan fingerprint density at radius 1 is 0.544 bits per heavy atom. The summed E-state index contributed by atoms with van der Waals surface area (Å²) in [4.78, 5) is 22.5. The van der Waals surface area contributed by atoms with E-state index in [0.717, 1.165) is 83.5 Å². The highest BCUT2D eigenvalue weighted by atomic mass is 31.2. The summed E-state index contributed by atoms with van der Waals surface area (Å²) in [6, 6.07) is 0. The van der Waals surface area contributed by atoms with Gasteiger partial charge in [-0.2, -0.15) is 0 Å². The highest BCUT2D eigenvalue weighted by Gasteiger charge is 2.25. The minimum Gasteiger partial charge on any atom is -0.457 e. The van der Waals surface area contributed by atoms with E-state index < -0.39 is 13.9 Å². The first-order valence-corrected chi connectivity index (χ1v) is 23.7. The second kappa shape index (κ2) is 44.5. The van der Waals surface area contributed by atoms with Crippen LogP contribution in [0.15, 0.2) is 97.2 Å². The lowest BCUT2D eigenvalue weighted by atomic mass is 10.1. The van der Waals surface area contributed by atoms with Crippen LogP contribution >= 0.6 is 7.82 Å². The zero-order valence-electron chi connectivity index (χ0n) is 36.0. The molecule has 9 heteroatoms. The number of allylic oxidation sites excluding steroid dienone is 16. The van der Waals surface area contributed by atoms with Gasteiger partial charge in [0, 0.05) is 19.6 Å². The topological polar surface area (TPSA) is 117 Å². The van der Waals surface area contributed by atoms with Crippen LogP contribution in [0.25, 0.3) is 0 Å². The molecule has 0 amide bonds. The lowest BCUT2D eigenvalue weighted by Gasteiger charge is -2.20. The maximum absolute atomic E-state index is 12.6. The smallest absolute Gasteiger partial charge is 0.457 e. The van der Waals surface area contributed by atoms with Crippen LogP contribution in [0.2, 0.25) is 0 Å². The van der Waals surface area contributed by atoms with Gasteiger partial charge in [-0.15, -0.1) is 0 Å². The summed E-state index contributed by atoms with van der Waals surface area (Å²) in [6.07, 6.45) is 58.6. The second-order valence-electron chi connectivity index (χ2n) is 14.2. The quantitative estimate of drug-likeness (QED) is 0.0271. The summed E-state index contributed by atoms with van der Waals surface area (Å²) >= 11 is 0. The fourth-order valence-corrected chi connectivity index (χ4v) is 6.26. The van der Waals surface area contributed by atoms with Crippen molar-refractivity contribution in [2.45, 2.75) is 168 Å². The fourth-order valence-electron chi connectivity index (χ4n) is 5.50. The summed E-state index contributed by atoms with van der Waals surface area (Å²) in [7, 11) is -4.29. The lowest BCUT2D eigenvalue weighted by molar-refractivity contribution is -0.154. The number of hydrogen-bond donors (Lipinski definition) is 2. The molecule has 8 nitrogen and oxygen atoms in total. The standard InChI is InChI=1S/C48H82NO7P/c1-3-5-7-9-11-13-15-17-18-19-20-21-22-23-24-25-26-27-28-29-31-33-35-37-39-41-48(50)56-47(46-55-57(51,52)54-44-42-49)45-53-43-40-38-36-34-32-30-16-14-12-10-8-6-4-2/h5,7,11-14,17-18,20-21,23-24,26-27,29,31,47H,3-4,6,8-10,15-16,19,22,25,28,30,32-46,49H2,1-2H3,(H,51,52)/b7-5-,13-11-,14-12-,18-17-,21-20-,24-23-,27-26-,31-29-. The molecule has 0 saturated carbocycles. The van der Waals surface area contributed by atoms with Crippen molar-refractivity contribution < 1.29 is 32.8 Å². The molecule has 2 unspecified atom stereocenters. The van der Waals surface area contributed by atoms with Crippen LogP contribution < -0.4 is 5.73 Å². The van der Waals surface area contributed by atoms with Crippen molar-refractivity contribution in [3.8, 4) is 0 Å². The third-order valence-corrected chi connectivity index (χ3v) is 9.72. The first-order valence-electron chi connectivity index (χ1n) is 22.2. The first-order chi connectivity index (χ1) is 27.9. The Morgan fingerprint density at radius 2 is 0.982 bits per heavy atom. The van der Waals surface area contributed by atoms with E-state index >= 15 is 0 Å². The van der Waals surface area contributed by atoms with Gasteiger partial charge in [-0.05, 0) is 96.3 Å². The highest BCUT2D eigenvalue weighted by Crippen LogP contribution is 2.43. The third-order valence-electron chi connectivity index (χ3n) is 8.74. The molecule has 0 aromatic heterocycles. The Kier molecular flexibility index (Phi) is 42.5. The van der Waals surface area contributed by atoms with Crippen LogP contribution in [0.3, 0.4) is 0 Å². The Bertz CT molecular complexity index is 1190. The summed E-state index contributed by atoms with van der Waals surface area (Å²) in [5.41, 5.74) is 5.36. The molecule has 0 aliphatic rings. The predicted molar refractivity (Wildman–Crippen MR) is 242 cm³/mol. The molecule has 0 rings (SSSR count). The van der Waals surface area contributed by atoms with Crippen LogP contribution in [-0.2, 0) is 27.9 Å². The van der Waals surface area contributed by atoms with Gasteiger partial charge in [0.15, 0.2) is 0 Å². The van der Waals surface area contributed by atoms with E-state index in [1.807, 2.05) is 0 Å². The molecule has 3 N–H and O–H groups in total. The van der Waals surface area contributed by atoms with Crippen molar-refractivity contribution in [2.24, 2.45) is 5.73 Å². The number of carbonyl (C=O) groups is 1. The van der Waals surface area contributed by atoms with E-state index in [-0.39, 0.29) is 38.8 Å². The van der Waals surface area contributed by atoms with Crippen LogP contribution in [0.5, 0.6) is 0 Å². The number of rotatable bonds is 41. The number of phosphoric acid groups is 1. The summed E-state index contributed by atoms with van der Waals surface area (Å²) in [6.45, 7) is 4.70. The average Bonchev–Trinajstić information content (AvgIpc) is 3.20. The Hall–Kier alpha value is -2.58. The number of ether oxygens (including phenoxy) is 2. The maximum atomic E-state index is 12.6. The van der Waals surface area contributed by atoms with Gasteiger partial charge in [-0.3, -0.25) is 13.8 Å². The molecule has 326 valence electrons. The Labute approximate surface area is 349 Å². The number of esters is 1. The first kappa shape index (κ1) is 54.4. The molecule has 0 aromatic carbocycles. The van der Waals surface area contributed by atoms with Crippen molar-refractivity contribution in [1.29, 1.82) is 0 Å². The van der Waals surface area contributed by atoms with Crippen molar-refractivity contribution >= 4 is 13.8 Å². The van der Waals surface area contributed by atoms with Crippen LogP contribution in [-0.4, -0.2) is 49.9 Å². The Balaban J connectivity index is 4.13. The summed E-state index contributed by atoms with van der Waals surface area (Å²) < 4.78 is 33.4. The second-order valence-corrected chi connectivity index (χ2v) is 15.6. The minimum absolute atomic E-state index is 0.0882. The van der Waals surface area contributed by atoms with E-state index in [0.29, 0.717) is 13.0 Å². The SMILES string of the molecule is CC/C=C\C/C=C\C/C=C\C/C=C\C/C=C\C/C=C\C/C=C\CCCCCC(=O)OC(COCCCCCCCC/C=C\CCCCC)COP(=O)(O)OCCN. The van der Waals surface area contributed by atoms with Gasteiger partial charge in [0.1, 0.15) is 6.10 Å². The number of carbonyl (C=O) groups excluding carboxylic acids is 1. The lowest BCUT2D eigenvalue weighted by Crippen LogP contribution is -2.28.